The van der Waals surface area contributed by atoms with E-state index in [1.807, 2.05) is 26.2 Å². The van der Waals surface area contributed by atoms with E-state index in [-0.39, 0.29) is 23.0 Å². The molecule has 1 fully saturated rings. The minimum atomic E-state index is -3.60. The van der Waals surface area contributed by atoms with Gasteiger partial charge in [0.05, 0.1) is 15.5 Å². The SMILES string of the molecule is CSc1ccccc1S(=O)(=O)N1CCC(C(=O)Nc2nc3c(s2)C(=O)CC(C)(C)C3)CC1. The Morgan fingerprint density at radius 2 is 1.91 bits per heavy atom. The Hall–Kier alpha value is -1.75. The lowest BCUT2D eigenvalue weighted by Gasteiger charge is -2.30. The molecule has 2 heterocycles. The van der Waals surface area contributed by atoms with Gasteiger partial charge in [-0.05, 0) is 43.1 Å². The number of amides is 1. The molecule has 0 atom stereocenters. The maximum atomic E-state index is 13.1. The minimum Gasteiger partial charge on any atom is -0.302 e. The number of nitrogens with one attached hydrogen (secondary N) is 1. The van der Waals surface area contributed by atoms with Crippen molar-refractivity contribution in [3.63, 3.8) is 0 Å². The summed E-state index contributed by atoms with van der Waals surface area (Å²) in [5, 5.41) is 3.32. The summed E-state index contributed by atoms with van der Waals surface area (Å²) in [5.74, 6) is -0.368. The molecule has 1 saturated heterocycles. The van der Waals surface area contributed by atoms with Crippen LogP contribution in [-0.2, 0) is 21.2 Å². The van der Waals surface area contributed by atoms with Gasteiger partial charge in [0.2, 0.25) is 15.9 Å². The number of benzene rings is 1. The number of carbonyl (C=O) groups is 2. The summed E-state index contributed by atoms with van der Waals surface area (Å²) in [6.45, 7) is 4.68. The van der Waals surface area contributed by atoms with E-state index in [1.165, 1.54) is 27.4 Å². The van der Waals surface area contributed by atoms with Crippen LogP contribution in [0, 0.1) is 11.3 Å². The van der Waals surface area contributed by atoms with Gasteiger partial charge < -0.3 is 5.32 Å². The Labute approximate surface area is 197 Å². The highest BCUT2D eigenvalue weighted by Gasteiger charge is 2.36. The first-order valence-electron chi connectivity index (χ1n) is 10.6. The van der Waals surface area contributed by atoms with E-state index < -0.39 is 10.0 Å². The molecule has 2 aliphatic rings. The first-order chi connectivity index (χ1) is 15.1. The highest BCUT2D eigenvalue weighted by atomic mass is 32.2. The molecule has 172 valence electrons. The van der Waals surface area contributed by atoms with Gasteiger partial charge in [0.15, 0.2) is 10.9 Å². The van der Waals surface area contributed by atoms with Crippen LogP contribution in [0.15, 0.2) is 34.1 Å². The van der Waals surface area contributed by atoms with Crippen LogP contribution < -0.4 is 5.32 Å². The predicted molar refractivity (Wildman–Crippen MR) is 127 cm³/mol. The summed E-state index contributed by atoms with van der Waals surface area (Å²) in [5.41, 5.74) is 0.645. The molecule has 1 aliphatic carbocycles. The molecule has 1 aromatic heterocycles. The molecule has 1 aromatic carbocycles. The van der Waals surface area contributed by atoms with Crippen molar-refractivity contribution in [2.45, 2.75) is 49.3 Å². The van der Waals surface area contributed by atoms with Crippen molar-refractivity contribution in [3.8, 4) is 0 Å². The van der Waals surface area contributed by atoms with Crippen molar-refractivity contribution in [2.75, 3.05) is 24.7 Å². The van der Waals surface area contributed by atoms with Gasteiger partial charge in [-0.15, -0.1) is 11.8 Å². The van der Waals surface area contributed by atoms with Crippen LogP contribution in [0.5, 0.6) is 0 Å². The first-order valence-corrected chi connectivity index (χ1v) is 14.1. The molecule has 7 nitrogen and oxygen atoms in total. The zero-order chi connectivity index (χ0) is 23.1. The second-order valence-electron chi connectivity index (χ2n) is 9.05. The molecule has 0 radical (unpaired) electrons. The van der Waals surface area contributed by atoms with Crippen LogP contribution in [-0.4, -0.2) is 48.7 Å². The number of hydrogen-bond acceptors (Lipinski definition) is 7. The second kappa shape index (κ2) is 8.89. The third-order valence-corrected chi connectivity index (χ3v) is 9.91. The molecule has 0 saturated carbocycles. The molecule has 10 heteroatoms. The number of fused-ring (bicyclic) bond motifs is 1. The fourth-order valence-electron chi connectivity index (χ4n) is 4.31. The van der Waals surface area contributed by atoms with Crippen LogP contribution >= 0.6 is 23.1 Å². The zero-order valence-corrected chi connectivity index (χ0v) is 20.8. The molecule has 1 N–H and O–H groups in total. The van der Waals surface area contributed by atoms with Crippen LogP contribution in [0.1, 0.15) is 48.5 Å². The van der Waals surface area contributed by atoms with Crippen LogP contribution in [0.4, 0.5) is 5.13 Å². The predicted octanol–water partition coefficient (Wildman–Crippen LogP) is 4.06. The van der Waals surface area contributed by atoms with E-state index in [1.54, 1.807) is 18.2 Å². The second-order valence-corrected chi connectivity index (χ2v) is 12.8. The molecule has 4 rings (SSSR count). The van der Waals surface area contributed by atoms with Crippen LogP contribution in [0.2, 0.25) is 0 Å². The standard InChI is InChI=1S/C22H27N3O4S3/c1-22(2)12-15-19(16(26)13-22)31-21(23-15)24-20(27)14-8-10-25(11-9-14)32(28,29)18-7-5-4-6-17(18)30-3/h4-7,14H,8-13H2,1-3H3,(H,23,24,27). The highest BCUT2D eigenvalue weighted by Crippen LogP contribution is 2.38. The molecule has 1 amide bonds. The summed E-state index contributed by atoms with van der Waals surface area (Å²) in [4.78, 5) is 31.4. The average molecular weight is 494 g/mol. The van der Waals surface area contributed by atoms with Crippen LogP contribution in [0.25, 0.3) is 0 Å². The number of aromatic nitrogens is 1. The Morgan fingerprint density at radius 1 is 1.22 bits per heavy atom. The topological polar surface area (TPSA) is 96.4 Å². The van der Waals surface area contributed by atoms with Gasteiger partial charge >= 0.3 is 0 Å². The Kier molecular flexibility index (Phi) is 6.50. The third kappa shape index (κ3) is 4.64. The van der Waals surface area contributed by atoms with E-state index in [4.69, 9.17) is 0 Å². The first kappa shape index (κ1) is 23.4. The van der Waals surface area contributed by atoms with Crippen LogP contribution in [0.3, 0.4) is 0 Å². The lowest BCUT2D eigenvalue weighted by atomic mass is 9.78. The minimum absolute atomic E-state index is 0.0817. The van der Waals surface area contributed by atoms with Gasteiger partial charge in [-0.25, -0.2) is 13.4 Å². The third-order valence-electron chi connectivity index (χ3n) is 5.98. The number of carbonyl (C=O) groups excluding carboxylic acids is 2. The fourth-order valence-corrected chi connectivity index (χ4v) is 7.83. The van der Waals surface area contributed by atoms with Gasteiger partial charge in [-0.3, -0.25) is 9.59 Å². The van der Waals surface area contributed by atoms with E-state index in [0.29, 0.717) is 53.7 Å². The molecule has 2 aromatic rings. The Morgan fingerprint density at radius 3 is 2.59 bits per heavy atom. The molecule has 0 bridgehead atoms. The number of rotatable bonds is 5. The Bertz CT molecular complexity index is 1150. The molecular formula is C22H27N3O4S3. The maximum Gasteiger partial charge on any atom is 0.244 e. The van der Waals surface area contributed by atoms with Gasteiger partial charge in [0.25, 0.3) is 0 Å². The Balaban J connectivity index is 1.40. The molecular weight excluding hydrogens is 466 g/mol. The van der Waals surface area contributed by atoms with E-state index in [9.17, 15) is 18.0 Å². The summed E-state index contributed by atoms with van der Waals surface area (Å²) in [7, 11) is -3.60. The van der Waals surface area contributed by atoms with Crippen molar-refractivity contribution in [3.05, 3.63) is 34.8 Å². The number of sulfonamides is 1. The number of thiazole rings is 1. The van der Waals surface area contributed by atoms with Gasteiger partial charge in [0.1, 0.15) is 0 Å². The number of ketones is 1. The maximum absolute atomic E-state index is 13.1. The van der Waals surface area contributed by atoms with Gasteiger partial charge in [-0.1, -0.05) is 37.3 Å². The summed E-state index contributed by atoms with van der Waals surface area (Å²) in [6, 6.07) is 6.99. The molecule has 0 unspecified atom stereocenters. The average Bonchev–Trinajstić information content (AvgIpc) is 3.15. The lowest BCUT2D eigenvalue weighted by Crippen LogP contribution is -2.41. The number of piperidine rings is 1. The smallest absolute Gasteiger partial charge is 0.244 e. The quantitative estimate of drug-likeness (QED) is 0.631. The summed E-state index contributed by atoms with van der Waals surface area (Å²) in [6.07, 6.45) is 3.96. The molecule has 0 spiro atoms. The van der Waals surface area contributed by atoms with E-state index in [2.05, 4.69) is 10.3 Å². The number of thioether (sulfide) groups is 1. The van der Waals surface area contributed by atoms with E-state index in [0.717, 1.165) is 10.6 Å². The van der Waals surface area contributed by atoms with Gasteiger partial charge in [-0.2, -0.15) is 4.31 Å². The van der Waals surface area contributed by atoms with Crippen molar-refractivity contribution < 1.29 is 18.0 Å². The van der Waals surface area contributed by atoms with E-state index >= 15 is 0 Å². The summed E-state index contributed by atoms with van der Waals surface area (Å²) >= 11 is 2.65. The van der Waals surface area contributed by atoms with Crippen molar-refractivity contribution in [2.24, 2.45) is 11.3 Å². The van der Waals surface area contributed by atoms with Gasteiger partial charge in [0, 0.05) is 30.3 Å². The molecule has 1 aliphatic heterocycles. The highest BCUT2D eigenvalue weighted by molar-refractivity contribution is 7.99. The number of hydrogen-bond donors (Lipinski definition) is 1. The monoisotopic (exact) mass is 493 g/mol. The normalized spacial score (nSPS) is 19.5. The molecule has 32 heavy (non-hydrogen) atoms. The van der Waals surface area contributed by atoms with Crippen molar-refractivity contribution in [1.82, 2.24) is 9.29 Å². The number of Topliss-reactive ketones (excluding diaryl/α,β-unsaturated/α-hetero) is 1. The summed E-state index contributed by atoms with van der Waals surface area (Å²) < 4.78 is 27.7. The fraction of sp³-hybridized carbons (Fsp3) is 0.500. The van der Waals surface area contributed by atoms with Crippen molar-refractivity contribution in [1.29, 1.82) is 0 Å². The lowest BCUT2D eigenvalue weighted by molar-refractivity contribution is -0.120. The largest absolute Gasteiger partial charge is 0.302 e. The van der Waals surface area contributed by atoms with Crippen molar-refractivity contribution >= 4 is 49.9 Å². The zero-order valence-electron chi connectivity index (χ0n) is 18.4. The number of nitrogens with zero attached hydrogens (tertiary/aromatic N) is 2. The number of anilines is 1.